The predicted molar refractivity (Wildman–Crippen MR) is 70.1 cm³/mol. The molecule has 0 bridgehead atoms. The molecule has 1 N–H and O–H groups in total. The van der Waals surface area contributed by atoms with Crippen LogP contribution in [0.5, 0.6) is 0 Å². The molecule has 5 nitrogen and oxygen atoms in total. The van der Waals surface area contributed by atoms with Crippen LogP contribution in [-0.2, 0) is 14.6 Å². The van der Waals surface area contributed by atoms with Crippen LogP contribution in [0.2, 0.25) is 0 Å². The molecule has 1 atom stereocenters. The Morgan fingerprint density at radius 3 is 2.50 bits per heavy atom. The molecule has 2 aliphatic rings. The highest BCUT2D eigenvalue weighted by Crippen LogP contribution is 2.27. The maximum absolute atomic E-state index is 12.6. The Morgan fingerprint density at radius 1 is 1.33 bits per heavy atom. The fraction of sp³-hybridized carbons (Fsp3) is 0.917. The molecule has 0 saturated carbocycles. The average Bonchev–Trinajstić information content (AvgIpc) is 2.78. The molecule has 0 radical (unpaired) electrons. The molecule has 0 aromatic heterocycles. The molecule has 0 aromatic rings. The summed E-state index contributed by atoms with van der Waals surface area (Å²) in [4.78, 5) is 14.3. The van der Waals surface area contributed by atoms with E-state index in [1.165, 1.54) is 0 Å². The topological polar surface area (TPSA) is 66.5 Å². The van der Waals surface area contributed by atoms with Crippen molar-refractivity contribution >= 4 is 15.7 Å². The standard InChI is InChI=1S/C12H22N2O3S/c1-2-4-12(5-3-6-13-12)11(15)14-7-9-18(16,17)10-8-14/h13H,2-10H2,1H3. The SMILES string of the molecule is CCCC1(C(=O)N2CCS(=O)(=O)CC2)CCCN1. The maximum atomic E-state index is 12.6. The van der Waals surface area contributed by atoms with Gasteiger partial charge in [-0.2, -0.15) is 0 Å². The number of rotatable bonds is 3. The monoisotopic (exact) mass is 274 g/mol. The normalized spacial score (nSPS) is 31.5. The zero-order valence-corrected chi connectivity index (χ0v) is 11.8. The Labute approximate surface area is 109 Å². The molecule has 2 fully saturated rings. The second-order valence-electron chi connectivity index (χ2n) is 5.31. The lowest BCUT2D eigenvalue weighted by molar-refractivity contribution is -0.137. The summed E-state index contributed by atoms with van der Waals surface area (Å²) in [5, 5.41) is 3.35. The van der Waals surface area contributed by atoms with E-state index in [0.29, 0.717) is 13.1 Å². The van der Waals surface area contributed by atoms with Gasteiger partial charge in [0.15, 0.2) is 9.84 Å². The first-order valence-electron chi connectivity index (χ1n) is 6.74. The van der Waals surface area contributed by atoms with E-state index >= 15 is 0 Å². The van der Waals surface area contributed by atoms with Crippen LogP contribution in [0.15, 0.2) is 0 Å². The van der Waals surface area contributed by atoms with Crippen molar-refractivity contribution in [2.75, 3.05) is 31.1 Å². The number of nitrogens with one attached hydrogen (secondary N) is 1. The lowest BCUT2D eigenvalue weighted by Crippen LogP contribution is -2.57. The minimum atomic E-state index is -2.92. The third-order valence-corrected chi connectivity index (χ3v) is 5.57. The van der Waals surface area contributed by atoms with E-state index in [2.05, 4.69) is 12.2 Å². The zero-order valence-electron chi connectivity index (χ0n) is 10.9. The van der Waals surface area contributed by atoms with Gasteiger partial charge in [-0.3, -0.25) is 4.79 Å². The molecule has 104 valence electrons. The highest BCUT2D eigenvalue weighted by atomic mass is 32.2. The first-order valence-corrected chi connectivity index (χ1v) is 8.56. The second-order valence-corrected chi connectivity index (χ2v) is 7.61. The van der Waals surface area contributed by atoms with E-state index in [1.807, 2.05) is 0 Å². The summed E-state index contributed by atoms with van der Waals surface area (Å²) in [7, 11) is -2.92. The van der Waals surface area contributed by atoms with Crippen molar-refractivity contribution in [1.29, 1.82) is 0 Å². The van der Waals surface area contributed by atoms with Crippen molar-refractivity contribution in [3.63, 3.8) is 0 Å². The van der Waals surface area contributed by atoms with Crippen LogP contribution < -0.4 is 5.32 Å². The zero-order chi connectivity index (χ0) is 13.2. The molecule has 6 heteroatoms. The minimum Gasteiger partial charge on any atom is -0.339 e. The molecule has 1 amide bonds. The van der Waals surface area contributed by atoms with Gasteiger partial charge in [0, 0.05) is 13.1 Å². The third kappa shape index (κ3) is 2.69. The van der Waals surface area contributed by atoms with Crippen molar-refractivity contribution < 1.29 is 13.2 Å². The molecular formula is C12H22N2O3S. The molecule has 2 heterocycles. The van der Waals surface area contributed by atoms with Crippen molar-refractivity contribution in [3.8, 4) is 0 Å². The van der Waals surface area contributed by atoms with Crippen LogP contribution in [0, 0.1) is 0 Å². The summed E-state index contributed by atoms with van der Waals surface area (Å²) in [6.07, 6.45) is 3.71. The van der Waals surface area contributed by atoms with Crippen LogP contribution in [-0.4, -0.2) is 55.9 Å². The smallest absolute Gasteiger partial charge is 0.242 e. The predicted octanol–water partition coefficient (Wildman–Crippen LogP) is 0.166. The van der Waals surface area contributed by atoms with Gasteiger partial charge >= 0.3 is 0 Å². The first-order chi connectivity index (χ1) is 8.49. The molecule has 0 spiro atoms. The van der Waals surface area contributed by atoms with E-state index in [4.69, 9.17) is 0 Å². The number of carbonyl (C=O) groups excluding carboxylic acids is 1. The molecule has 1 unspecified atom stereocenters. The number of amides is 1. The highest BCUT2D eigenvalue weighted by molar-refractivity contribution is 7.91. The highest BCUT2D eigenvalue weighted by Gasteiger charge is 2.43. The number of sulfone groups is 1. The summed E-state index contributed by atoms with van der Waals surface area (Å²) in [5.41, 5.74) is -0.421. The van der Waals surface area contributed by atoms with Gasteiger partial charge in [0.2, 0.25) is 5.91 Å². The van der Waals surface area contributed by atoms with Crippen LogP contribution in [0.3, 0.4) is 0 Å². The van der Waals surface area contributed by atoms with Crippen LogP contribution >= 0.6 is 0 Å². The minimum absolute atomic E-state index is 0.108. The van der Waals surface area contributed by atoms with E-state index in [0.717, 1.165) is 32.2 Å². The quantitative estimate of drug-likeness (QED) is 0.796. The van der Waals surface area contributed by atoms with Gasteiger partial charge in [-0.25, -0.2) is 8.42 Å². The summed E-state index contributed by atoms with van der Waals surface area (Å²) < 4.78 is 22.8. The van der Waals surface area contributed by atoms with E-state index in [-0.39, 0.29) is 17.4 Å². The summed E-state index contributed by atoms with van der Waals surface area (Å²) >= 11 is 0. The number of hydrogen-bond acceptors (Lipinski definition) is 4. The Kier molecular flexibility index (Phi) is 3.96. The third-order valence-electron chi connectivity index (χ3n) is 3.96. The van der Waals surface area contributed by atoms with E-state index in [1.54, 1.807) is 4.90 Å². The fourth-order valence-electron chi connectivity index (χ4n) is 2.95. The summed E-state index contributed by atoms with van der Waals surface area (Å²) in [5.74, 6) is 0.332. The van der Waals surface area contributed by atoms with Crippen molar-refractivity contribution in [2.45, 2.75) is 38.1 Å². The van der Waals surface area contributed by atoms with Gasteiger partial charge in [-0.1, -0.05) is 13.3 Å². The Balaban J connectivity index is 2.06. The lowest BCUT2D eigenvalue weighted by Gasteiger charge is -2.36. The van der Waals surface area contributed by atoms with Gasteiger partial charge in [0.1, 0.15) is 0 Å². The molecule has 2 saturated heterocycles. The number of hydrogen-bond donors (Lipinski definition) is 1. The Hall–Kier alpha value is -0.620. The Morgan fingerprint density at radius 2 is 2.00 bits per heavy atom. The molecule has 18 heavy (non-hydrogen) atoms. The maximum Gasteiger partial charge on any atom is 0.242 e. The largest absolute Gasteiger partial charge is 0.339 e. The van der Waals surface area contributed by atoms with Gasteiger partial charge in [-0.05, 0) is 25.8 Å². The number of carbonyl (C=O) groups is 1. The van der Waals surface area contributed by atoms with Crippen molar-refractivity contribution in [3.05, 3.63) is 0 Å². The van der Waals surface area contributed by atoms with Crippen LogP contribution in [0.4, 0.5) is 0 Å². The van der Waals surface area contributed by atoms with E-state index in [9.17, 15) is 13.2 Å². The molecular weight excluding hydrogens is 252 g/mol. The summed E-state index contributed by atoms with van der Waals surface area (Å²) in [6, 6.07) is 0. The van der Waals surface area contributed by atoms with Gasteiger partial charge in [0.25, 0.3) is 0 Å². The number of nitrogens with zero attached hydrogens (tertiary/aromatic N) is 1. The van der Waals surface area contributed by atoms with Gasteiger partial charge in [-0.15, -0.1) is 0 Å². The fourth-order valence-corrected chi connectivity index (χ4v) is 4.16. The van der Waals surface area contributed by atoms with E-state index < -0.39 is 15.4 Å². The van der Waals surface area contributed by atoms with Crippen molar-refractivity contribution in [1.82, 2.24) is 10.2 Å². The molecule has 0 aliphatic carbocycles. The molecule has 2 aliphatic heterocycles. The first kappa shape index (κ1) is 13.8. The average molecular weight is 274 g/mol. The second kappa shape index (κ2) is 5.17. The summed E-state index contributed by atoms with van der Waals surface area (Å²) in [6.45, 7) is 3.68. The van der Waals surface area contributed by atoms with Gasteiger partial charge in [0.05, 0.1) is 17.0 Å². The van der Waals surface area contributed by atoms with Crippen LogP contribution in [0.1, 0.15) is 32.6 Å². The molecule has 2 rings (SSSR count). The van der Waals surface area contributed by atoms with Crippen molar-refractivity contribution in [2.24, 2.45) is 0 Å². The lowest BCUT2D eigenvalue weighted by atomic mass is 9.90. The van der Waals surface area contributed by atoms with Crippen LogP contribution in [0.25, 0.3) is 0 Å². The Bertz CT molecular complexity index is 399. The molecule has 0 aromatic carbocycles. The van der Waals surface area contributed by atoms with Gasteiger partial charge < -0.3 is 10.2 Å².